The van der Waals surface area contributed by atoms with Crippen LogP contribution >= 0.6 is 0 Å². The fraction of sp³-hybridized carbons (Fsp3) is 0.600. The van der Waals surface area contributed by atoms with Crippen LogP contribution in [-0.4, -0.2) is 6.54 Å². The van der Waals surface area contributed by atoms with Gasteiger partial charge in [-0.05, 0) is 30.9 Å². The number of hydrogen-bond donors (Lipinski definition) is 1. The molecule has 0 saturated carbocycles. The maximum atomic E-state index is 13.9. The lowest BCUT2D eigenvalue weighted by Gasteiger charge is -2.29. The van der Waals surface area contributed by atoms with Crippen molar-refractivity contribution in [3.8, 4) is 0 Å². The minimum atomic E-state index is -0.772. The van der Waals surface area contributed by atoms with Crippen LogP contribution in [0.25, 0.3) is 0 Å². The summed E-state index contributed by atoms with van der Waals surface area (Å²) in [5.41, 5.74) is 0.435. The molecule has 1 rings (SSSR count). The van der Waals surface area contributed by atoms with Crippen LogP contribution in [-0.2, 0) is 0 Å². The first kappa shape index (κ1) is 15.1. The average Bonchev–Trinajstić information content (AvgIpc) is 2.34. The summed E-state index contributed by atoms with van der Waals surface area (Å²) in [4.78, 5) is 0. The van der Waals surface area contributed by atoms with E-state index in [0.717, 1.165) is 19.0 Å². The highest BCUT2D eigenvalue weighted by atomic mass is 19.2. The molecule has 0 saturated heterocycles. The first-order valence-electron chi connectivity index (χ1n) is 6.66. The van der Waals surface area contributed by atoms with Crippen molar-refractivity contribution in [2.75, 3.05) is 6.54 Å². The average molecular weight is 255 g/mol. The molecule has 102 valence electrons. The van der Waals surface area contributed by atoms with Crippen LogP contribution in [0.1, 0.15) is 45.7 Å². The monoisotopic (exact) mass is 255 g/mol. The van der Waals surface area contributed by atoms with E-state index in [-0.39, 0.29) is 12.0 Å². The summed E-state index contributed by atoms with van der Waals surface area (Å²) in [5, 5.41) is 3.33. The second-order valence-electron chi connectivity index (χ2n) is 5.18. The van der Waals surface area contributed by atoms with Crippen LogP contribution in [0.4, 0.5) is 8.78 Å². The zero-order chi connectivity index (χ0) is 13.7. The van der Waals surface area contributed by atoms with Crippen LogP contribution in [0.5, 0.6) is 0 Å². The Labute approximate surface area is 109 Å². The van der Waals surface area contributed by atoms with Gasteiger partial charge in [-0.25, -0.2) is 8.78 Å². The standard InChI is InChI=1S/C15H23F2N/c1-5-9-18-15(11(4)10(2)3)12-7-6-8-13(16)14(12)17/h6-8,10-11,15,18H,5,9H2,1-4H3. The van der Waals surface area contributed by atoms with E-state index in [0.29, 0.717) is 11.5 Å². The van der Waals surface area contributed by atoms with Crippen LogP contribution in [0, 0.1) is 23.5 Å². The maximum absolute atomic E-state index is 13.9. The van der Waals surface area contributed by atoms with E-state index in [2.05, 4.69) is 33.0 Å². The van der Waals surface area contributed by atoms with Gasteiger partial charge in [0.15, 0.2) is 11.6 Å². The topological polar surface area (TPSA) is 12.0 Å². The molecule has 3 heteroatoms. The van der Waals surface area contributed by atoms with E-state index in [1.54, 1.807) is 12.1 Å². The smallest absolute Gasteiger partial charge is 0.163 e. The maximum Gasteiger partial charge on any atom is 0.163 e. The van der Waals surface area contributed by atoms with E-state index in [4.69, 9.17) is 0 Å². The first-order chi connectivity index (χ1) is 8.49. The lowest BCUT2D eigenvalue weighted by Crippen LogP contribution is -2.31. The quantitative estimate of drug-likeness (QED) is 0.799. The van der Waals surface area contributed by atoms with E-state index >= 15 is 0 Å². The second-order valence-corrected chi connectivity index (χ2v) is 5.18. The molecule has 0 spiro atoms. The van der Waals surface area contributed by atoms with Gasteiger partial charge >= 0.3 is 0 Å². The zero-order valence-electron chi connectivity index (χ0n) is 11.6. The van der Waals surface area contributed by atoms with Crippen LogP contribution < -0.4 is 5.32 Å². The van der Waals surface area contributed by atoms with Gasteiger partial charge in [0.05, 0.1) is 0 Å². The molecule has 1 nitrogen and oxygen atoms in total. The highest BCUT2D eigenvalue weighted by molar-refractivity contribution is 5.23. The molecule has 0 aliphatic carbocycles. The Bertz CT molecular complexity index is 377. The fourth-order valence-corrected chi connectivity index (χ4v) is 2.02. The van der Waals surface area contributed by atoms with E-state index in [9.17, 15) is 8.78 Å². The molecule has 0 radical (unpaired) electrons. The van der Waals surface area contributed by atoms with Crippen molar-refractivity contribution in [3.05, 3.63) is 35.4 Å². The minimum Gasteiger partial charge on any atom is -0.310 e. The highest BCUT2D eigenvalue weighted by Gasteiger charge is 2.25. The van der Waals surface area contributed by atoms with E-state index < -0.39 is 11.6 Å². The van der Waals surface area contributed by atoms with Crippen LogP contribution in [0.3, 0.4) is 0 Å². The number of hydrogen-bond acceptors (Lipinski definition) is 1. The molecule has 0 aliphatic rings. The van der Waals surface area contributed by atoms with Gasteiger partial charge in [0.1, 0.15) is 0 Å². The molecule has 0 aliphatic heterocycles. The van der Waals surface area contributed by atoms with Crippen molar-refractivity contribution in [1.29, 1.82) is 0 Å². The van der Waals surface area contributed by atoms with Crippen LogP contribution in [0.2, 0.25) is 0 Å². The summed E-state index contributed by atoms with van der Waals surface area (Å²) < 4.78 is 27.2. The Morgan fingerprint density at radius 2 is 1.83 bits per heavy atom. The molecule has 0 amide bonds. The number of nitrogens with one attached hydrogen (secondary N) is 1. The third kappa shape index (κ3) is 3.52. The largest absolute Gasteiger partial charge is 0.310 e. The Hall–Kier alpha value is -0.960. The Balaban J connectivity index is 3.04. The zero-order valence-corrected chi connectivity index (χ0v) is 11.6. The highest BCUT2D eigenvalue weighted by Crippen LogP contribution is 2.30. The summed E-state index contributed by atoms with van der Waals surface area (Å²) >= 11 is 0. The van der Waals surface area contributed by atoms with Gasteiger partial charge in [0.25, 0.3) is 0 Å². The summed E-state index contributed by atoms with van der Waals surface area (Å²) in [5.74, 6) is -0.847. The predicted octanol–water partition coefficient (Wildman–Crippen LogP) is 4.30. The Kier molecular flexibility index (Phi) is 5.73. The molecule has 2 atom stereocenters. The number of benzene rings is 1. The second kappa shape index (κ2) is 6.83. The van der Waals surface area contributed by atoms with Gasteiger partial charge < -0.3 is 5.32 Å². The summed E-state index contributed by atoms with van der Waals surface area (Å²) in [6.45, 7) is 9.14. The Morgan fingerprint density at radius 3 is 2.39 bits per heavy atom. The van der Waals surface area contributed by atoms with Crippen molar-refractivity contribution < 1.29 is 8.78 Å². The molecule has 0 bridgehead atoms. The molecule has 2 unspecified atom stereocenters. The molecule has 18 heavy (non-hydrogen) atoms. The van der Waals surface area contributed by atoms with Crippen molar-refractivity contribution in [2.45, 2.75) is 40.2 Å². The van der Waals surface area contributed by atoms with E-state index in [1.165, 1.54) is 0 Å². The lowest BCUT2D eigenvalue weighted by molar-refractivity contribution is 0.295. The molecular weight excluding hydrogens is 232 g/mol. The number of halogens is 2. The van der Waals surface area contributed by atoms with Crippen molar-refractivity contribution in [3.63, 3.8) is 0 Å². The Morgan fingerprint density at radius 1 is 1.17 bits per heavy atom. The normalized spacial score (nSPS) is 14.8. The third-order valence-corrected chi connectivity index (χ3v) is 3.51. The number of rotatable bonds is 6. The molecule has 0 aromatic heterocycles. The van der Waals surface area contributed by atoms with Crippen molar-refractivity contribution >= 4 is 0 Å². The fourth-order valence-electron chi connectivity index (χ4n) is 2.02. The van der Waals surface area contributed by atoms with Crippen LogP contribution in [0.15, 0.2) is 18.2 Å². The van der Waals surface area contributed by atoms with Crippen molar-refractivity contribution in [2.24, 2.45) is 11.8 Å². The first-order valence-corrected chi connectivity index (χ1v) is 6.66. The third-order valence-electron chi connectivity index (χ3n) is 3.51. The molecule has 0 heterocycles. The van der Waals surface area contributed by atoms with Gasteiger partial charge in [0, 0.05) is 11.6 Å². The molecular formula is C15H23F2N. The molecule has 0 fully saturated rings. The summed E-state index contributed by atoms with van der Waals surface area (Å²) in [7, 11) is 0. The molecule has 1 N–H and O–H groups in total. The predicted molar refractivity (Wildman–Crippen MR) is 71.4 cm³/mol. The van der Waals surface area contributed by atoms with Gasteiger partial charge in [-0.1, -0.05) is 39.8 Å². The summed E-state index contributed by atoms with van der Waals surface area (Å²) in [6.07, 6.45) is 0.970. The van der Waals surface area contributed by atoms with Crippen molar-refractivity contribution in [1.82, 2.24) is 5.32 Å². The molecule has 1 aromatic carbocycles. The van der Waals surface area contributed by atoms with Gasteiger partial charge in [-0.15, -0.1) is 0 Å². The summed E-state index contributed by atoms with van der Waals surface area (Å²) in [6, 6.07) is 4.27. The van der Waals surface area contributed by atoms with Gasteiger partial charge in [-0.2, -0.15) is 0 Å². The SMILES string of the molecule is CCCNC(c1cccc(F)c1F)C(C)C(C)C. The van der Waals surface area contributed by atoms with Gasteiger partial charge in [0.2, 0.25) is 0 Å². The lowest BCUT2D eigenvalue weighted by atomic mass is 9.85. The van der Waals surface area contributed by atoms with Gasteiger partial charge in [-0.3, -0.25) is 0 Å². The minimum absolute atomic E-state index is 0.138. The van der Waals surface area contributed by atoms with E-state index in [1.807, 2.05) is 0 Å². The molecule has 1 aromatic rings.